The van der Waals surface area contributed by atoms with Gasteiger partial charge in [0.25, 0.3) is 5.91 Å². The number of hydrogen-bond donors (Lipinski definition) is 2. The first-order chi connectivity index (χ1) is 8.72. The van der Waals surface area contributed by atoms with Crippen LogP contribution in [-0.2, 0) is 0 Å². The van der Waals surface area contributed by atoms with Crippen LogP contribution in [0.4, 0.5) is 0 Å². The third-order valence-electron chi connectivity index (χ3n) is 3.78. The molecule has 0 aliphatic heterocycles. The van der Waals surface area contributed by atoms with Crippen LogP contribution >= 0.6 is 0 Å². The average molecular weight is 251 g/mol. The molecule has 0 aromatic carbocycles. The molecule has 1 heterocycles. The number of furan rings is 1. The lowest BCUT2D eigenvalue weighted by Crippen LogP contribution is -2.41. The van der Waals surface area contributed by atoms with Crippen LogP contribution in [0.3, 0.4) is 0 Å². The number of hydrogen-bond acceptors (Lipinski definition) is 3. The molecule has 100 valence electrons. The van der Waals surface area contributed by atoms with E-state index in [9.17, 15) is 9.90 Å². The molecular formula is C14H21NO3. The largest absolute Gasteiger partial charge is 0.459 e. The van der Waals surface area contributed by atoms with Gasteiger partial charge in [-0.05, 0) is 25.8 Å². The molecule has 2 rings (SSSR count). The maximum atomic E-state index is 12.1. The number of aliphatic hydroxyl groups excluding tert-OH is 1. The van der Waals surface area contributed by atoms with Crippen molar-refractivity contribution in [1.29, 1.82) is 0 Å². The number of nitrogens with one attached hydrogen (secondary N) is 1. The molecule has 0 spiro atoms. The molecule has 18 heavy (non-hydrogen) atoms. The van der Waals surface area contributed by atoms with Crippen molar-refractivity contribution >= 4 is 5.91 Å². The Morgan fingerprint density at radius 1 is 1.44 bits per heavy atom. The van der Waals surface area contributed by atoms with Crippen molar-refractivity contribution in [1.82, 2.24) is 5.32 Å². The molecule has 2 atom stereocenters. The number of aryl methyl sites for hydroxylation is 1. The summed E-state index contributed by atoms with van der Waals surface area (Å²) in [5.74, 6) is 0.394. The van der Waals surface area contributed by atoms with Gasteiger partial charge in [0.1, 0.15) is 0 Å². The highest BCUT2D eigenvalue weighted by atomic mass is 16.3. The predicted octanol–water partition coefficient (Wildman–Crippen LogP) is 2.26. The zero-order valence-electron chi connectivity index (χ0n) is 10.8. The Labute approximate surface area is 107 Å². The maximum absolute atomic E-state index is 12.1. The summed E-state index contributed by atoms with van der Waals surface area (Å²) in [6, 6.07) is 1.85. The minimum atomic E-state index is -0.164. The van der Waals surface area contributed by atoms with Gasteiger partial charge in [-0.2, -0.15) is 0 Å². The Kier molecular flexibility index (Phi) is 4.42. The van der Waals surface area contributed by atoms with Crippen LogP contribution in [0, 0.1) is 12.8 Å². The minimum absolute atomic E-state index is 0.0644. The zero-order chi connectivity index (χ0) is 13.0. The maximum Gasteiger partial charge on any atom is 0.287 e. The van der Waals surface area contributed by atoms with Crippen LogP contribution in [0.2, 0.25) is 0 Å². The summed E-state index contributed by atoms with van der Waals surface area (Å²) in [4.78, 5) is 12.1. The highest BCUT2D eigenvalue weighted by molar-refractivity contribution is 5.93. The third-order valence-corrected chi connectivity index (χ3v) is 3.78. The number of amides is 1. The van der Waals surface area contributed by atoms with E-state index in [-0.39, 0.29) is 24.5 Å². The first-order valence-electron chi connectivity index (χ1n) is 6.68. The topological polar surface area (TPSA) is 62.5 Å². The van der Waals surface area contributed by atoms with E-state index >= 15 is 0 Å². The van der Waals surface area contributed by atoms with E-state index in [1.165, 1.54) is 12.7 Å². The quantitative estimate of drug-likeness (QED) is 0.810. The minimum Gasteiger partial charge on any atom is -0.459 e. The molecule has 0 radical (unpaired) electrons. The van der Waals surface area contributed by atoms with Crippen LogP contribution in [0.15, 0.2) is 16.7 Å². The SMILES string of the molecule is Cc1ccoc1C(=O)NC1CCCCCC1CO. The lowest BCUT2D eigenvalue weighted by Gasteiger charge is -2.24. The highest BCUT2D eigenvalue weighted by Crippen LogP contribution is 2.23. The first kappa shape index (κ1) is 13.1. The van der Waals surface area contributed by atoms with Crippen LogP contribution in [0.25, 0.3) is 0 Å². The molecule has 1 aliphatic carbocycles. The lowest BCUT2D eigenvalue weighted by atomic mass is 9.95. The smallest absolute Gasteiger partial charge is 0.287 e. The number of aliphatic hydroxyl groups is 1. The molecular weight excluding hydrogens is 230 g/mol. The molecule has 1 fully saturated rings. The molecule has 2 unspecified atom stereocenters. The van der Waals surface area contributed by atoms with Crippen LogP contribution in [-0.4, -0.2) is 23.7 Å². The Bertz CT molecular complexity index is 399. The molecule has 1 saturated carbocycles. The van der Waals surface area contributed by atoms with Gasteiger partial charge in [-0.3, -0.25) is 4.79 Å². The fourth-order valence-corrected chi connectivity index (χ4v) is 2.63. The number of rotatable bonds is 3. The summed E-state index contributed by atoms with van der Waals surface area (Å²) >= 11 is 0. The summed E-state index contributed by atoms with van der Waals surface area (Å²) in [5, 5.41) is 12.4. The molecule has 0 saturated heterocycles. The first-order valence-corrected chi connectivity index (χ1v) is 6.68. The Balaban J connectivity index is 2.02. The van der Waals surface area contributed by atoms with Gasteiger partial charge in [0.2, 0.25) is 0 Å². The highest BCUT2D eigenvalue weighted by Gasteiger charge is 2.26. The van der Waals surface area contributed by atoms with Crippen molar-refractivity contribution in [3.8, 4) is 0 Å². The van der Waals surface area contributed by atoms with E-state index in [0.29, 0.717) is 5.76 Å². The molecule has 2 N–H and O–H groups in total. The van der Waals surface area contributed by atoms with Gasteiger partial charge in [-0.15, -0.1) is 0 Å². The summed E-state index contributed by atoms with van der Waals surface area (Å²) in [6.07, 6.45) is 6.88. The average Bonchev–Trinajstić information content (AvgIpc) is 2.66. The lowest BCUT2D eigenvalue weighted by molar-refractivity contribution is 0.0870. The molecule has 4 nitrogen and oxygen atoms in total. The summed E-state index contributed by atoms with van der Waals surface area (Å²) in [5.41, 5.74) is 0.849. The van der Waals surface area contributed by atoms with Crippen LogP contribution in [0.5, 0.6) is 0 Å². The van der Waals surface area contributed by atoms with Crippen molar-refractivity contribution in [3.05, 3.63) is 23.7 Å². The van der Waals surface area contributed by atoms with Gasteiger partial charge < -0.3 is 14.8 Å². The molecule has 1 amide bonds. The molecule has 1 aliphatic rings. The second kappa shape index (κ2) is 6.05. The van der Waals surface area contributed by atoms with Crippen LogP contribution < -0.4 is 5.32 Å². The number of carbonyl (C=O) groups is 1. The van der Waals surface area contributed by atoms with Gasteiger partial charge in [0.15, 0.2) is 5.76 Å². The summed E-state index contributed by atoms with van der Waals surface area (Å²) < 4.78 is 5.19. The van der Waals surface area contributed by atoms with Crippen molar-refractivity contribution in [2.45, 2.75) is 45.1 Å². The van der Waals surface area contributed by atoms with Gasteiger partial charge in [-0.1, -0.05) is 19.3 Å². The second-order valence-electron chi connectivity index (χ2n) is 5.09. The molecule has 1 aromatic heterocycles. The monoisotopic (exact) mass is 251 g/mol. The second-order valence-corrected chi connectivity index (χ2v) is 5.09. The standard InChI is InChI=1S/C14H21NO3/c1-10-7-8-18-13(10)14(17)15-12-6-4-2-3-5-11(12)9-16/h7-8,11-12,16H,2-6,9H2,1H3,(H,15,17). The number of carbonyl (C=O) groups excluding carboxylic acids is 1. The predicted molar refractivity (Wildman–Crippen MR) is 68.4 cm³/mol. The van der Waals surface area contributed by atoms with Crippen LogP contribution in [0.1, 0.15) is 48.2 Å². The third kappa shape index (κ3) is 2.93. The summed E-state index contributed by atoms with van der Waals surface area (Å²) in [7, 11) is 0. The Hall–Kier alpha value is -1.29. The van der Waals surface area contributed by atoms with E-state index < -0.39 is 0 Å². The van der Waals surface area contributed by atoms with Crippen molar-refractivity contribution in [2.75, 3.05) is 6.61 Å². The van der Waals surface area contributed by atoms with E-state index in [4.69, 9.17) is 4.42 Å². The summed E-state index contributed by atoms with van der Waals surface area (Å²) in [6.45, 7) is 2.00. The van der Waals surface area contributed by atoms with E-state index in [1.807, 2.05) is 6.92 Å². The normalized spacial score (nSPS) is 24.6. The van der Waals surface area contributed by atoms with E-state index in [1.54, 1.807) is 6.07 Å². The molecule has 1 aromatic rings. The van der Waals surface area contributed by atoms with E-state index in [0.717, 1.165) is 31.2 Å². The van der Waals surface area contributed by atoms with Gasteiger partial charge in [0.05, 0.1) is 6.26 Å². The van der Waals surface area contributed by atoms with Crippen molar-refractivity contribution in [3.63, 3.8) is 0 Å². The van der Waals surface area contributed by atoms with Gasteiger partial charge >= 0.3 is 0 Å². The fourth-order valence-electron chi connectivity index (χ4n) is 2.63. The van der Waals surface area contributed by atoms with Crippen molar-refractivity contribution in [2.24, 2.45) is 5.92 Å². The van der Waals surface area contributed by atoms with Crippen molar-refractivity contribution < 1.29 is 14.3 Å². The van der Waals surface area contributed by atoms with Gasteiger partial charge in [0, 0.05) is 24.1 Å². The zero-order valence-corrected chi connectivity index (χ0v) is 10.8. The Morgan fingerprint density at radius 3 is 2.89 bits per heavy atom. The Morgan fingerprint density at radius 2 is 2.22 bits per heavy atom. The van der Waals surface area contributed by atoms with Gasteiger partial charge in [-0.25, -0.2) is 0 Å². The van der Waals surface area contributed by atoms with E-state index in [2.05, 4.69) is 5.32 Å². The molecule has 0 bridgehead atoms. The molecule has 4 heteroatoms. The fraction of sp³-hybridized carbons (Fsp3) is 0.643.